The van der Waals surface area contributed by atoms with Crippen molar-refractivity contribution in [1.82, 2.24) is 19.9 Å². The molecule has 1 unspecified atom stereocenters. The van der Waals surface area contributed by atoms with E-state index in [-0.39, 0.29) is 11.7 Å². The number of nitrogens with two attached hydrogens (primary N) is 1. The Morgan fingerprint density at radius 3 is 2.60 bits per heavy atom. The summed E-state index contributed by atoms with van der Waals surface area (Å²) in [6.07, 6.45) is 3.40. The van der Waals surface area contributed by atoms with Crippen LogP contribution in [0.1, 0.15) is 24.4 Å². The molecule has 0 saturated carbocycles. The molecule has 0 radical (unpaired) electrons. The lowest BCUT2D eigenvalue weighted by atomic mass is 9.86. The molecule has 130 valence electrons. The third-order valence-electron chi connectivity index (χ3n) is 4.90. The number of H-pyrrole nitrogens is 2. The van der Waals surface area contributed by atoms with Crippen molar-refractivity contribution in [2.45, 2.75) is 18.9 Å². The van der Waals surface area contributed by atoms with Gasteiger partial charge in [-0.25, -0.2) is 14.8 Å². The highest BCUT2D eigenvalue weighted by molar-refractivity contribution is 6.30. The van der Waals surface area contributed by atoms with Gasteiger partial charge in [-0.15, -0.1) is 0 Å². The maximum absolute atomic E-state index is 11.5. The van der Waals surface area contributed by atoms with Crippen molar-refractivity contribution in [2.75, 3.05) is 18.0 Å². The second kappa shape index (κ2) is 6.50. The summed E-state index contributed by atoms with van der Waals surface area (Å²) in [7, 11) is 0. The number of fused-ring (bicyclic) bond motifs is 1. The molecule has 1 aromatic carbocycles. The van der Waals surface area contributed by atoms with Crippen LogP contribution in [0.5, 0.6) is 0 Å². The van der Waals surface area contributed by atoms with Gasteiger partial charge in [0.1, 0.15) is 11.8 Å². The normalized spacial score (nSPS) is 17.1. The molecule has 0 amide bonds. The number of halogens is 1. The van der Waals surface area contributed by atoms with E-state index in [1.165, 1.54) is 6.33 Å². The molecular weight excluding hydrogens is 340 g/mol. The molecule has 1 saturated heterocycles. The van der Waals surface area contributed by atoms with Crippen LogP contribution in [0.25, 0.3) is 11.2 Å². The van der Waals surface area contributed by atoms with Crippen LogP contribution < -0.4 is 16.3 Å². The highest BCUT2D eigenvalue weighted by Gasteiger charge is 2.27. The third kappa shape index (κ3) is 3.12. The number of nitrogens with one attached hydrogen (secondary N) is 2. The summed E-state index contributed by atoms with van der Waals surface area (Å²) in [6, 6.07) is 7.75. The molecule has 1 atom stereocenters. The standard InChI is InChI=1S/C17H19ClN6O/c18-12-3-1-10(2-4-12)13(19)11-5-7-24(8-6-11)16-14-15(20-9-21-16)23-17(25)22-14/h1-4,9,11,13H,5-8,19H2,(H2,20,21,22,23,25). The molecule has 7 nitrogen and oxygen atoms in total. The van der Waals surface area contributed by atoms with Gasteiger partial charge in [0.25, 0.3) is 0 Å². The summed E-state index contributed by atoms with van der Waals surface area (Å²) in [5, 5.41) is 0.721. The van der Waals surface area contributed by atoms with E-state index in [1.807, 2.05) is 24.3 Å². The Hall–Kier alpha value is -2.38. The summed E-state index contributed by atoms with van der Waals surface area (Å²) in [5.41, 5.74) is 8.50. The molecule has 8 heteroatoms. The maximum atomic E-state index is 11.5. The lowest BCUT2D eigenvalue weighted by molar-refractivity contribution is 0.344. The average molecular weight is 359 g/mol. The van der Waals surface area contributed by atoms with E-state index in [0.717, 1.165) is 42.3 Å². The Morgan fingerprint density at radius 2 is 1.88 bits per heavy atom. The van der Waals surface area contributed by atoms with Gasteiger partial charge in [-0.05, 0) is 36.5 Å². The Labute approximate surface area is 149 Å². The summed E-state index contributed by atoms with van der Waals surface area (Å²) in [6.45, 7) is 1.68. The number of rotatable bonds is 3. The highest BCUT2D eigenvalue weighted by Crippen LogP contribution is 2.32. The fourth-order valence-electron chi connectivity index (χ4n) is 3.51. The monoisotopic (exact) mass is 358 g/mol. The number of anilines is 1. The molecule has 1 fully saturated rings. The van der Waals surface area contributed by atoms with Gasteiger partial charge >= 0.3 is 5.69 Å². The van der Waals surface area contributed by atoms with Gasteiger partial charge in [-0.1, -0.05) is 23.7 Å². The highest BCUT2D eigenvalue weighted by atomic mass is 35.5. The Morgan fingerprint density at radius 1 is 1.16 bits per heavy atom. The van der Waals surface area contributed by atoms with Crippen molar-refractivity contribution in [2.24, 2.45) is 11.7 Å². The van der Waals surface area contributed by atoms with E-state index >= 15 is 0 Å². The minimum atomic E-state index is -0.267. The van der Waals surface area contributed by atoms with Crippen LogP contribution in [0.2, 0.25) is 5.02 Å². The van der Waals surface area contributed by atoms with Crippen LogP contribution in [0.15, 0.2) is 35.4 Å². The summed E-state index contributed by atoms with van der Waals surface area (Å²) < 4.78 is 0. The van der Waals surface area contributed by atoms with Crippen LogP contribution in [0.4, 0.5) is 5.82 Å². The fourth-order valence-corrected chi connectivity index (χ4v) is 3.63. The number of benzene rings is 1. The van der Waals surface area contributed by atoms with E-state index in [1.54, 1.807) is 0 Å². The minimum absolute atomic E-state index is 0.00287. The SMILES string of the molecule is NC(c1ccc(Cl)cc1)C1CCN(c2ncnc3[nH]c(=O)[nH]c23)CC1. The molecular formula is C17H19ClN6O. The smallest absolute Gasteiger partial charge is 0.325 e. The van der Waals surface area contributed by atoms with Crippen LogP contribution in [-0.2, 0) is 0 Å². The Kier molecular flexibility index (Phi) is 4.19. The van der Waals surface area contributed by atoms with Crippen molar-refractivity contribution < 1.29 is 0 Å². The van der Waals surface area contributed by atoms with E-state index in [0.29, 0.717) is 17.1 Å². The number of hydrogen-bond acceptors (Lipinski definition) is 5. The van der Waals surface area contributed by atoms with Crippen molar-refractivity contribution >= 4 is 28.6 Å². The zero-order valence-electron chi connectivity index (χ0n) is 13.6. The van der Waals surface area contributed by atoms with Gasteiger partial charge in [-0.2, -0.15) is 0 Å². The quantitative estimate of drug-likeness (QED) is 0.666. The first-order valence-electron chi connectivity index (χ1n) is 8.31. The van der Waals surface area contributed by atoms with E-state index in [4.69, 9.17) is 17.3 Å². The molecule has 3 heterocycles. The first-order chi connectivity index (χ1) is 12.1. The lowest BCUT2D eigenvalue weighted by Crippen LogP contribution is -2.38. The molecule has 0 aliphatic carbocycles. The minimum Gasteiger partial charge on any atom is -0.355 e. The predicted octanol–water partition coefficient (Wildman–Crippen LogP) is 2.22. The van der Waals surface area contributed by atoms with Gasteiger partial charge in [-0.3, -0.25) is 4.98 Å². The van der Waals surface area contributed by atoms with E-state index in [2.05, 4.69) is 24.8 Å². The molecule has 1 aliphatic heterocycles. The Bertz CT molecular complexity index is 926. The molecule has 1 aliphatic rings. The topological polar surface area (TPSA) is 104 Å². The first kappa shape index (κ1) is 16.1. The molecule has 4 N–H and O–H groups in total. The van der Waals surface area contributed by atoms with E-state index in [9.17, 15) is 4.79 Å². The summed E-state index contributed by atoms with van der Waals surface area (Å²) in [4.78, 5) is 27.6. The fraction of sp³-hybridized carbons (Fsp3) is 0.353. The number of imidazole rings is 1. The number of aromatic nitrogens is 4. The zero-order chi connectivity index (χ0) is 17.4. The van der Waals surface area contributed by atoms with Crippen LogP contribution in [0, 0.1) is 5.92 Å². The molecule has 3 aromatic rings. The predicted molar refractivity (Wildman–Crippen MR) is 97.8 cm³/mol. The van der Waals surface area contributed by atoms with Crippen LogP contribution in [-0.4, -0.2) is 33.0 Å². The van der Waals surface area contributed by atoms with Gasteiger partial charge < -0.3 is 15.6 Å². The van der Waals surface area contributed by atoms with Crippen molar-refractivity contribution in [3.63, 3.8) is 0 Å². The molecule has 4 rings (SSSR count). The maximum Gasteiger partial charge on any atom is 0.325 e. The molecule has 25 heavy (non-hydrogen) atoms. The number of aromatic amines is 2. The second-order valence-electron chi connectivity index (χ2n) is 6.40. The average Bonchev–Trinajstić information content (AvgIpc) is 3.02. The van der Waals surface area contributed by atoms with Crippen molar-refractivity contribution in [3.8, 4) is 0 Å². The molecule has 0 spiro atoms. The van der Waals surface area contributed by atoms with Gasteiger partial charge in [0.05, 0.1) is 0 Å². The van der Waals surface area contributed by atoms with Crippen LogP contribution >= 0.6 is 11.6 Å². The number of hydrogen-bond donors (Lipinski definition) is 3. The van der Waals surface area contributed by atoms with Gasteiger partial charge in [0, 0.05) is 24.2 Å². The lowest BCUT2D eigenvalue weighted by Gasteiger charge is -2.35. The van der Waals surface area contributed by atoms with E-state index < -0.39 is 0 Å². The van der Waals surface area contributed by atoms with Crippen molar-refractivity contribution in [3.05, 3.63) is 51.7 Å². The van der Waals surface area contributed by atoms with Crippen molar-refractivity contribution in [1.29, 1.82) is 0 Å². The third-order valence-corrected chi connectivity index (χ3v) is 5.15. The van der Waals surface area contributed by atoms with Crippen LogP contribution in [0.3, 0.4) is 0 Å². The number of nitrogens with zero attached hydrogens (tertiary/aromatic N) is 3. The second-order valence-corrected chi connectivity index (χ2v) is 6.84. The first-order valence-corrected chi connectivity index (χ1v) is 8.68. The Balaban J connectivity index is 1.49. The summed E-state index contributed by atoms with van der Waals surface area (Å²) in [5.74, 6) is 1.17. The summed E-state index contributed by atoms with van der Waals surface area (Å²) >= 11 is 5.95. The molecule has 0 bridgehead atoms. The largest absolute Gasteiger partial charge is 0.355 e. The number of piperidine rings is 1. The zero-order valence-corrected chi connectivity index (χ0v) is 14.3. The molecule has 2 aromatic heterocycles. The van der Waals surface area contributed by atoms with Gasteiger partial charge in [0.2, 0.25) is 0 Å². The van der Waals surface area contributed by atoms with Gasteiger partial charge in [0.15, 0.2) is 11.5 Å².